The Morgan fingerprint density at radius 2 is 2.21 bits per heavy atom. The van der Waals surface area contributed by atoms with Gasteiger partial charge in [-0.05, 0) is 51.0 Å². The maximum Gasteiger partial charge on any atom is 0.0556 e. The number of rotatable bonds is 0. The lowest BCUT2D eigenvalue weighted by Gasteiger charge is -2.45. The number of piperidine rings is 1. The summed E-state index contributed by atoms with van der Waals surface area (Å²) in [6.45, 7) is 2.34. The highest BCUT2D eigenvalue weighted by molar-refractivity contribution is 5.22. The summed E-state index contributed by atoms with van der Waals surface area (Å²) in [6.07, 6.45) is 9.75. The number of fused-ring (bicyclic) bond motifs is 2. The van der Waals surface area contributed by atoms with E-state index in [4.69, 9.17) is 0 Å². The molecule has 0 aromatic heterocycles. The Balaban J connectivity index is 1.88. The fraction of sp³-hybridized carbons (Fsp3) is 0.818. The molecule has 0 aromatic carbocycles. The summed E-state index contributed by atoms with van der Waals surface area (Å²) < 4.78 is 0. The van der Waals surface area contributed by atoms with Gasteiger partial charge in [-0.3, -0.25) is 0 Å². The van der Waals surface area contributed by atoms with E-state index in [1.165, 1.54) is 32.2 Å². The molecular formula is C11H19N3. The summed E-state index contributed by atoms with van der Waals surface area (Å²) >= 11 is 0. The molecule has 3 heteroatoms. The number of hydrogen-bond acceptors (Lipinski definition) is 3. The molecule has 3 aliphatic heterocycles. The molecule has 0 aliphatic carbocycles. The predicted molar refractivity (Wildman–Crippen MR) is 57.1 cm³/mol. The fourth-order valence-corrected chi connectivity index (χ4v) is 3.21. The van der Waals surface area contributed by atoms with E-state index in [2.05, 4.69) is 28.2 Å². The van der Waals surface area contributed by atoms with E-state index in [0.717, 1.165) is 6.54 Å². The quantitative estimate of drug-likeness (QED) is 0.519. The van der Waals surface area contributed by atoms with Crippen LogP contribution in [0.4, 0.5) is 0 Å². The van der Waals surface area contributed by atoms with Crippen LogP contribution >= 0.6 is 0 Å². The van der Waals surface area contributed by atoms with Gasteiger partial charge in [0.05, 0.1) is 5.54 Å². The van der Waals surface area contributed by atoms with Gasteiger partial charge in [-0.2, -0.15) is 0 Å². The van der Waals surface area contributed by atoms with Crippen molar-refractivity contribution in [3.05, 3.63) is 12.3 Å². The van der Waals surface area contributed by atoms with Gasteiger partial charge in [0.25, 0.3) is 0 Å². The molecule has 3 aliphatic rings. The molecule has 0 saturated carbocycles. The monoisotopic (exact) mass is 193 g/mol. The zero-order valence-corrected chi connectivity index (χ0v) is 8.55. The van der Waals surface area contributed by atoms with Gasteiger partial charge in [0.1, 0.15) is 0 Å². The van der Waals surface area contributed by atoms with Crippen molar-refractivity contribution in [2.75, 3.05) is 13.1 Å². The second-order valence-corrected chi connectivity index (χ2v) is 4.75. The Hall–Kier alpha value is -0.540. The first-order chi connectivity index (χ1) is 6.91. The van der Waals surface area contributed by atoms with Crippen LogP contribution in [0, 0.1) is 0 Å². The molecule has 3 N–H and O–H groups in total. The molecule has 3 unspecified atom stereocenters. The van der Waals surface area contributed by atoms with Crippen LogP contribution in [0.5, 0.6) is 0 Å². The minimum atomic E-state index is 0.255. The van der Waals surface area contributed by atoms with Crippen molar-refractivity contribution in [1.29, 1.82) is 0 Å². The first kappa shape index (κ1) is 8.74. The maximum absolute atomic E-state index is 3.72. The smallest absolute Gasteiger partial charge is 0.0556 e. The van der Waals surface area contributed by atoms with E-state index in [1.54, 1.807) is 0 Å². The fourth-order valence-electron chi connectivity index (χ4n) is 3.21. The van der Waals surface area contributed by atoms with Gasteiger partial charge in [0.2, 0.25) is 0 Å². The van der Waals surface area contributed by atoms with Gasteiger partial charge in [-0.15, -0.1) is 0 Å². The summed E-state index contributed by atoms with van der Waals surface area (Å²) in [5.41, 5.74) is 0.255. The Morgan fingerprint density at radius 3 is 3.07 bits per heavy atom. The molecule has 0 bridgehead atoms. The Morgan fingerprint density at radius 1 is 1.21 bits per heavy atom. The predicted octanol–water partition coefficient (Wildman–Crippen LogP) is 0.346. The van der Waals surface area contributed by atoms with Crippen molar-refractivity contribution in [1.82, 2.24) is 16.0 Å². The zero-order valence-electron chi connectivity index (χ0n) is 8.55. The van der Waals surface area contributed by atoms with E-state index in [1.807, 2.05) is 0 Å². The third kappa shape index (κ3) is 1.19. The van der Waals surface area contributed by atoms with Crippen LogP contribution in [-0.4, -0.2) is 30.7 Å². The van der Waals surface area contributed by atoms with Crippen molar-refractivity contribution in [2.24, 2.45) is 0 Å². The van der Waals surface area contributed by atoms with Crippen LogP contribution in [-0.2, 0) is 0 Å². The second-order valence-electron chi connectivity index (χ2n) is 4.75. The minimum Gasteiger partial charge on any atom is -0.387 e. The highest BCUT2D eigenvalue weighted by atomic mass is 15.2. The molecule has 3 heterocycles. The maximum atomic E-state index is 3.72. The van der Waals surface area contributed by atoms with Crippen LogP contribution < -0.4 is 16.0 Å². The second kappa shape index (κ2) is 3.24. The van der Waals surface area contributed by atoms with Gasteiger partial charge in [-0.1, -0.05) is 0 Å². The van der Waals surface area contributed by atoms with E-state index >= 15 is 0 Å². The van der Waals surface area contributed by atoms with Crippen molar-refractivity contribution in [3.8, 4) is 0 Å². The number of hydrogen-bond donors (Lipinski definition) is 3. The van der Waals surface area contributed by atoms with Gasteiger partial charge < -0.3 is 16.0 Å². The van der Waals surface area contributed by atoms with Crippen molar-refractivity contribution in [3.63, 3.8) is 0 Å². The highest BCUT2D eigenvalue weighted by Gasteiger charge is 2.45. The topological polar surface area (TPSA) is 36.1 Å². The average Bonchev–Trinajstić information content (AvgIpc) is 2.69. The standard InChI is InChI=1S/C11H19N3/c1-2-6-14-11(4-1)5-8-12-9-3-7-13-10(9)11/h5,8-10,12-14H,1-4,6-7H2. The average molecular weight is 193 g/mol. The molecule has 3 atom stereocenters. The van der Waals surface area contributed by atoms with Gasteiger partial charge in [-0.25, -0.2) is 0 Å². The Labute approximate surface area is 85.3 Å². The number of nitrogens with one attached hydrogen (secondary N) is 3. The van der Waals surface area contributed by atoms with Gasteiger partial charge in [0, 0.05) is 12.1 Å². The molecule has 0 radical (unpaired) electrons. The van der Waals surface area contributed by atoms with E-state index in [0.29, 0.717) is 12.1 Å². The third-order valence-electron chi connectivity index (χ3n) is 3.94. The lowest BCUT2D eigenvalue weighted by Crippen LogP contribution is -2.65. The molecular weight excluding hydrogens is 174 g/mol. The molecule has 3 rings (SSSR count). The third-order valence-corrected chi connectivity index (χ3v) is 3.94. The molecule has 1 spiro atoms. The van der Waals surface area contributed by atoms with Crippen LogP contribution in [0.15, 0.2) is 12.3 Å². The minimum absolute atomic E-state index is 0.255. The normalized spacial score (nSPS) is 46.3. The van der Waals surface area contributed by atoms with E-state index in [9.17, 15) is 0 Å². The molecule has 0 amide bonds. The lowest BCUT2D eigenvalue weighted by atomic mass is 9.78. The van der Waals surface area contributed by atoms with Gasteiger partial charge in [0.15, 0.2) is 0 Å². The van der Waals surface area contributed by atoms with Crippen molar-refractivity contribution < 1.29 is 0 Å². The Kier molecular flexibility index (Phi) is 2.03. The first-order valence-corrected chi connectivity index (χ1v) is 5.83. The molecule has 3 nitrogen and oxygen atoms in total. The highest BCUT2D eigenvalue weighted by Crippen LogP contribution is 2.31. The molecule has 2 saturated heterocycles. The van der Waals surface area contributed by atoms with E-state index < -0.39 is 0 Å². The summed E-state index contributed by atoms with van der Waals surface area (Å²) in [5, 5.41) is 10.8. The van der Waals surface area contributed by atoms with Crippen LogP contribution in [0.25, 0.3) is 0 Å². The summed E-state index contributed by atoms with van der Waals surface area (Å²) in [4.78, 5) is 0. The summed E-state index contributed by atoms with van der Waals surface area (Å²) in [5.74, 6) is 0. The van der Waals surface area contributed by atoms with Crippen LogP contribution in [0.1, 0.15) is 25.7 Å². The lowest BCUT2D eigenvalue weighted by molar-refractivity contribution is 0.219. The molecule has 0 aromatic rings. The summed E-state index contributed by atoms with van der Waals surface area (Å²) in [6, 6.07) is 1.25. The zero-order chi connectivity index (χ0) is 9.43. The van der Waals surface area contributed by atoms with Crippen molar-refractivity contribution >= 4 is 0 Å². The largest absolute Gasteiger partial charge is 0.387 e. The van der Waals surface area contributed by atoms with Crippen LogP contribution in [0.2, 0.25) is 0 Å². The van der Waals surface area contributed by atoms with Gasteiger partial charge >= 0.3 is 0 Å². The van der Waals surface area contributed by atoms with Crippen molar-refractivity contribution in [2.45, 2.75) is 43.3 Å². The first-order valence-electron chi connectivity index (χ1n) is 5.83. The summed E-state index contributed by atoms with van der Waals surface area (Å²) in [7, 11) is 0. The molecule has 78 valence electrons. The molecule has 2 fully saturated rings. The van der Waals surface area contributed by atoms with Crippen LogP contribution in [0.3, 0.4) is 0 Å². The molecule has 14 heavy (non-hydrogen) atoms. The Bertz CT molecular complexity index is 243. The van der Waals surface area contributed by atoms with E-state index in [-0.39, 0.29) is 5.54 Å². The SMILES string of the molecule is C1=CC2(CCCCN2)C2NCCC2N1.